The summed E-state index contributed by atoms with van der Waals surface area (Å²) >= 11 is 12.7. The fraction of sp³-hybridized carbons (Fsp3) is 0.211. The lowest BCUT2D eigenvalue weighted by molar-refractivity contribution is -0.384. The number of esters is 1. The van der Waals surface area contributed by atoms with Crippen LogP contribution in [-0.2, 0) is 18.2 Å². The summed E-state index contributed by atoms with van der Waals surface area (Å²) in [5.74, 6) is -0.540. The van der Waals surface area contributed by atoms with Crippen LogP contribution in [0.2, 0.25) is 10.0 Å². The molecule has 0 amide bonds. The fourth-order valence-corrected chi connectivity index (χ4v) is 3.71. The third-order valence-electron chi connectivity index (χ3n) is 4.61. The molecule has 0 spiro atoms. The lowest BCUT2D eigenvalue weighted by Crippen LogP contribution is -2.05. The van der Waals surface area contributed by atoms with Crippen LogP contribution in [0.25, 0.3) is 10.9 Å². The predicted molar refractivity (Wildman–Crippen MR) is 105 cm³/mol. The maximum absolute atomic E-state index is 11.9. The van der Waals surface area contributed by atoms with Crippen molar-refractivity contribution in [2.24, 2.45) is 7.05 Å². The van der Waals surface area contributed by atoms with Crippen LogP contribution in [-0.4, -0.2) is 22.6 Å². The summed E-state index contributed by atoms with van der Waals surface area (Å²) in [6.45, 7) is 1.83. The standard InChI is InChI=1S/C19H16Cl2N2O4/c1-10-6-12(23(25)26)9-17-14(10)7-11(22(17)2)8-15-16(20)5-4-13(18(15)21)19(24)27-3/h4-7,9H,8H2,1-3H3. The SMILES string of the molecule is COC(=O)c1ccc(Cl)c(Cc2cc3c(C)cc([N+](=O)[O-])cc3n2C)c1Cl. The average Bonchev–Trinajstić information content (AvgIpc) is 2.94. The molecule has 3 aromatic rings. The number of nitro groups is 1. The quantitative estimate of drug-likeness (QED) is 0.344. The van der Waals surface area contributed by atoms with E-state index in [0.29, 0.717) is 17.0 Å². The Hall–Kier alpha value is -2.57. The molecular weight excluding hydrogens is 391 g/mol. The normalized spacial score (nSPS) is 11.0. The van der Waals surface area contributed by atoms with Crippen molar-refractivity contribution >= 4 is 45.8 Å². The second-order valence-electron chi connectivity index (χ2n) is 6.20. The fourth-order valence-electron chi connectivity index (χ4n) is 3.13. The second-order valence-corrected chi connectivity index (χ2v) is 6.99. The van der Waals surface area contributed by atoms with E-state index < -0.39 is 10.9 Å². The largest absolute Gasteiger partial charge is 0.465 e. The highest BCUT2D eigenvalue weighted by atomic mass is 35.5. The lowest BCUT2D eigenvalue weighted by atomic mass is 10.0. The van der Waals surface area contributed by atoms with Crippen LogP contribution in [0.1, 0.15) is 27.2 Å². The van der Waals surface area contributed by atoms with Gasteiger partial charge in [0.15, 0.2) is 0 Å². The molecule has 0 bridgehead atoms. The molecule has 0 N–H and O–H groups in total. The van der Waals surface area contributed by atoms with Crippen LogP contribution in [0.4, 0.5) is 5.69 Å². The molecule has 0 unspecified atom stereocenters. The Kier molecular flexibility index (Phi) is 5.13. The third kappa shape index (κ3) is 3.38. The lowest BCUT2D eigenvalue weighted by Gasteiger charge is -2.11. The van der Waals surface area contributed by atoms with E-state index in [1.165, 1.54) is 13.2 Å². The monoisotopic (exact) mass is 406 g/mol. The van der Waals surface area contributed by atoms with Gasteiger partial charge in [0.2, 0.25) is 0 Å². The van der Waals surface area contributed by atoms with E-state index in [0.717, 1.165) is 22.2 Å². The van der Waals surface area contributed by atoms with E-state index in [-0.39, 0.29) is 16.3 Å². The zero-order valence-electron chi connectivity index (χ0n) is 14.9. The summed E-state index contributed by atoms with van der Waals surface area (Å²) in [4.78, 5) is 22.6. The Bertz CT molecular complexity index is 1090. The van der Waals surface area contributed by atoms with Gasteiger partial charge in [0.1, 0.15) is 0 Å². The Morgan fingerprint density at radius 1 is 1.26 bits per heavy atom. The Labute approximate surface area is 165 Å². The van der Waals surface area contributed by atoms with Crippen molar-refractivity contribution < 1.29 is 14.5 Å². The molecule has 0 saturated carbocycles. The number of benzene rings is 2. The summed E-state index contributed by atoms with van der Waals surface area (Å²) < 4.78 is 6.62. The van der Waals surface area contributed by atoms with Gasteiger partial charge in [-0.15, -0.1) is 0 Å². The molecule has 1 aromatic heterocycles. The van der Waals surface area contributed by atoms with E-state index >= 15 is 0 Å². The first-order valence-corrected chi connectivity index (χ1v) is 8.78. The van der Waals surface area contributed by atoms with Crippen LogP contribution in [0, 0.1) is 17.0 Å². The number of non-ortho nitro benzene ring substituents is 1. The summed E-state index contributed by atoms with van der Waals surface area (Å²) in [5, 5.41) is 12.7. The average molecular weight is 407 g/mol. The maximum Gasteiger partial charge on any atom is 0.339 e. The number of rotatable bonds is 4. The number of fused-ring (bicyclic) bond motifs is 1. The van der Waals surface area contributed by atoms with E-state index in [4.69, 9.17) is 27.9 Å². The van der Waals surface area contributed by atoms with Crippen LogP contribution >= 0.6 is 23.2 Å². The number of aromatic nitrogens is 1. The van der Waals surface area contributed by atoms with Crippen molar-refractivity contribution in [3.05, 3.63) is 72.9 Å². The van der Waals surface area contributed by atoms with Crippen molar-refractivity contribution in [3.8, 4) is 0 Å². The van der Waals surface area contributed by atoms with Gasteiger partial charge >= 0.3 is 5.97 Å². The van der Waals surface area contributed by atoms with Gasteiger partial charge in [0.25, 0.3) is 5.69 Å². The molecule has 0 aliphatic rings. The minimum absolute atomic E-state index is 0.0384. The van der Waals surface area contributed by atoms with Crippen LogP contribution in [0.5, 0.6) is 0 Å². The van der Waals surface area contributed by atoms with Crippen molar-refractivity contribution in [3.63, 3.8) is 0 Å². The molecular formula is C19H16Cl2N2O4. The number of carbonyl (C=O) groups excluding carboxylic acids is 1. The van der Waals surface area contributed by atoms with E-state index in [1.54, 1.807) is 18.2 Å². The molecule has 0 fully saturated rings. The van der Waals surface area contributed by atoms with Gasteiger partial charge in [-0.1, -0.05) is 23.2 Å². The minimum Gasteiger partial charge on any atom is -0.465 e. The summed E-state index contributed by atoms with van der Waals surface area (Å²) in [6, 6.07) is 8.17. The second kappa shape index (κ2) is 7.21. The van der Waals surface area contributed by atoms with Crippen molar-refractivity contribution in [1.82, 2.24) is 4.57 Å². The number of hydrogen-bond donors (Lipinski definition) is 0. The Morgan fingerprint density at radius 3 is 2.59 bits per heavy atom. The zero-order valence-corrected chi connectivity index (χ0v) is 16.4. The minimum atomic E-state index is -0.540. The van der Waals surface area contributed by atoms with Gasteiger partial charge < -0.3 is 9.30 Å². The maximum atomic E-state index is 11.9. The van der Waals surface area contributed by atoms with Crippen LogP contribution in [0.15, 0.2) is 30.3 Å². The number of nitrogens with zero attached hydrogens (tertiary/aromatic N) is 2. The number of aryl methyl sites for hydroxylation is 2. The van der Waals surface area contributed by atoms with Gasteiger partial charge in [-0.05, 0) is 36.2 Å². The molecule has 0 aliphatic heterocycles. The first-order valence-electron chi connectivity index (χ1n) is 8.03. The molecule has 3 rings (SSSR count). The molecule has 0 radical (unpaired) electrons. The number of methoxy groups -OCH3 is 1. The van der Waals surface area contributed by atoms with Gasteiger partial charge in [-0.3, -0.25) is 10.1 Å². The molecule has 1 heterocycles. The summed E-state index contributed by atoms with van der Waals surface area (Å²) in [6.07, 6.45) is 0.362. The Morgan fingerprint density at radius 2 is 1.96 bits per heavy atom. The van der Waals surface area contributed by atoms with Gasteiger partial charge in [-0.25, -0.2) is 4.79 Å². The number of carbonyl (C=O) groups is 1. The highest BCUT2D eigenvalue weighted by molar-refractivity contribution is 6.38. The van der Waals surface area contributed by atoms with Crippen molar-refractivity contribution in [2.45, 2.75) is 13.3 Å². The molecule has 0 aliphatic carbocycles. The molecule has 0 saturated heterocycles. The number of halogens is 2. The highest BCUT2D eigenvalue weighted by Crippen LogP contribution is 2.33. The van der Waals surface area contributed by atoms with Crippen molar-refractivity contribution in [1.29, 1.82) is 0 Å². The molecule has 8 heteroatoms. The Balaban J connectivity index is 2.13. The molecule has 2 aromatic carbocycles. The molecule has 0 atom stereocenters. The van der Waals surface area contributed by atoms with Gasteiger partial charge in [-0.2, -0.15) is 0 Å². The molecule has 6 nitrogen and oxygen atoms in total. The topological polar surface area (TPSA) is 74.4 Å². The summed E-state index contributed by atoms with van der Waals surface area (Å²) in [7, 11) is 3.11. The van der Waals surface area contributed by atoms with E-state index in [1.807, 2.05) is 24.6 Å². The molecule has 27 heavy (non-hydrogen) atoms. The smallest absolute Gasteiger partial charge is 0.339 e. The van der Waals surface area contributed by atoms with E-state index in [9.17, 15) is 14.9 Å². The first-order chi connectivity index (χ1) is 12.7. The van der Waals surface area contributed by atoms with Crippen LogP contribution in [0.3, 0.4) is 0 Å². The highest BCUT2D eigenvalue weighted by Gasteiger charge is 2.20. The zero-order chi connectivity index (χ0) is 19.9. The predicted octanol–water partition coefficient (Wildman–Crippen LogP) is 5.08. The first kappa shape index (κ1) is 19.2. The van der Waals surface area contributed by atoms with Gasteiger partial charge in [0, 0.05) is 41.7 Å². The van der Waals surface area contributed by atoms with Gasteiger partial charge in [0.05, 0.1) is 28.1 Å². The van der Waals surface area contributed by atoms with Crippen LogP contribution < -0.4 is 0 Å². The summed E-state index contributed by atoms with van der Waals surface area (Å²) in [5.41, 5.74) is 3.29. The number of nitro benzene ring substituents is 1. The number of ether oxygens (including phenoxy) is 1. The number of hydrogen-bond acceptors (Lipinski definition) is 4. The third-order valence-corrected chi connectivity index (χ3v) is 5.40. The van der Waals surface area contributed by atoms with E-state index in [2.05, 4.69) is 0 Å². The molecule has 140 valence electrons. The van der Waals surface area contributed by atoms with Crippen molar-refractivity contribution in [2.75, 3.05) is 7.11 Å².